The summed E-state index contributed by atoms with van der Waals surface area (Å²) < 4.78 is 0.809. The minimum absolute atomic E-state index is 0. The summed E-state index contributed by atoms with van der Waals surface area (Å²) >= 11 is 0. The predicted molar refractivity (Wildman–Crippen MR) is 184 cm³/mol. The van der Waals surface area contributed by atoms with E-state index < -0.39 is 0 Å². The fraction of sp³-hybridized carbons (Fsp3) is 0.684. The van der Waals surface area contributed by atoms with E-state index in [-0.39, 0.29) is 19.0 Å². The number of benzene rings is 1. The van der Waals surface area contributed by atoms with E-state index in [4.69, 9.17) is 0 Å². The molecule has 43 heavy (non-hydrogen) atoms. The number of pyridine rings is 1. The molecule has 0 saturated heterocycles. The lowest BCUT2D eigenvalue weighted by atomic mass is 10.0. The van der Waals surface area contributed by atoms with Crippen molar-refractivity contribution in [2.75, 3.05) is 19.7 Å². The lowest BCUT2D eigenvalue weighted by Gasteiger charge is -2.32. The molecule has 1 N–H and O–H groups in total. The third-order valence-corrected chi connectivity index (χ3v) is 8.77. The van der Waals surface area contributed by atoms with Crippen molar-refractivity contribution in [2.45, 2.75) is 149 Å². The zero-order chi connectivity index (χ0) is 30.0. The van der Waals surface area contributed by atoms with E-state index in [1.165, 1.54) is 140 Å². The monoisotopic (exact) mass is 613 g/mol. The van der Waals surface area contributed by atoms with Crippen molar-refractivity contribution in [3.05, 3.63) is 55.0 Å². The van der Waals surface area contributed by atoms with E-state index in [2.05, 4.69) is 42.2 Å². The van der Waals surface area contributed by atoms with Gasteiger partial charge in [0.2, 0.25) is 5.84 Å². The van der Waals surface area contributed by atoms with Crippen LogP contribution in [0.15, 0.2) is 60.0 Å². The Balaban J connectivity index is 0.000000697. The quantitative estimate of drug-likeness (QED) is 0.0959. The number of aromatic nitrogens is 1. The summed E-state index contributed by atoms with van der Waals surface area (Å²) in [6.45, 7) is 6.65. The molecule has 1 unspecified atom stereocenters. The minimum Gasteiger partial charge on any atom is -1.00 e. The Hall–Kier alpha value is -1.75. The molecule has 2 heterocycles. The second kappa shape index (κ2) is 26.6. The van der Waals surface area contributed by atoms with Gasteiger partial charge in [0.15, 0.2) is 0 Å². The Bertz CT molecular complexity index is 913. The van der Waals surface area contributed by atoms with E-state index >= 15 is 0 Å². The van der Waals surface area contributed by atoms with Crippen LogP contribution >= 0.6 is 0 Å². The molecule has 0 radical (unpaired) electrons. The van der Waals surface area contributed by atoms with E-state index in [9.17, 15) is 5.11 Å². The van der Waals surface area contributed by atoms with Gasteiger partial charge in [0.05, 0.1) is 24.9 Å². The first-order valence-corrected chi connectivity index (χ1v) is 17.8. The summed E-state index contributed by atoms with van der Waals surface area (Å²) in [5, 5.41) is 10.7. The zero-order valence-corrected chi connectivity index (χ0v) is 28.6. The first kappa shape index (κ1) is 39.3. The maximum atomic E-state index is 9.53. The van der Waals surface area contributed by atoms with Crippen LogP contribution in [-0.2, 0) is 0 Å². The third kappa shape index (κ3) is 17.4. The van der Waals surface area contributed by atoms with Gasteiger partial charge in [0, 0.05) is 18.0 Å². The highest BCUT2D eigenvalue weighted by Gasteiger charge is 2.33. The SMILES string of the molecule is CCCCCCCCCCCCCCCCCCCCC1=NC=C[N+]1(CCO)CCCC.[Cl-].c1ccc2ncccc2c1. The van der Waals surface area contributed by atoms with E-state index in [1.54, 1.807) is 0 Å². The highest BCUT2D eigenvalue weighted by Crippen LogP contribution is 2.23. The molecular formula is C38H64ClN3O. The maximum absolute atomic E-state index is 9.53. The van der Waals surface area contributed by atoms with Crippen molar-refractivity contribution in [3.8, 4) is 0 Å². The molecule has 0 spiro atoms. The Morgan fingerprint density at radius 3 is 1.65 bits per heavy atom. The number of para-hydroxylation sites is 1. The highest BCUT2D eigenvalue weighted by molar-refractivity contribution is 5.78. The predicted octanol–water partition coefficient (Wildman–Crippen LogP) is 8.15. The molecule has 5 heteroatoms. The fourth-order valence-electron chi connectivity index (χ4n) is 6.07. The minimum atomic E-state index is 0. The lowest BCUT2D eigenvalue weighted by Crippen LogP contribution is -3.00. The molecule has 0 saturated carbocycles. The van der Waals surface area contributed by atoms with Gasteiger partial charge in [-0.05, 0) is 25.0 Å². The number of amidine groups is 1. The number of unbranched alkanes of at least 4 members (excludes halogenated alkanes) is 18. The molecular weight excluding hydrogens is 550 g/mol. The van der Waals surface area contributed by atoms with E-state index in [1.807, 2.05) is 36.7 Å². The molecule has 1 aromatic heterocycles. The van der Waals surface area contributed by atoms with Crippen LogP contribution in [0.3, 0.4) is 0 Å². The van der Waals surface area contributed by atoms with Crippen molar-refractivity contribution >= 4 is 16.7 Å². The lowest BCUT2D eigenvalue weighted by molar-refractivity contribution is -0.788. The second-order valence-electron chi connectivity index (χ2n) is 12.4. The molecule has 244 valence electrons. The standard InChI is InChI=1S/C29H57N2O.C9H7N.ClH/c1-3-5-7-8-9-10-11-12-13-14-15-16-17-18-19-20-21-22-23-29-30-24-26-31(29,27-28-32)25-6-4-2;1-2-6-9-8(4-1)5-3-7-10-9;/h24,26,32H,3-23,25,27-28H2,1-2H3;1-7H;1H/q+1;;/p-1. The van der Waals surface area contributed by atoms with E-state index in [0.717, 1.165) is 29.5 Å². The summed E-state index contributed by atoms with van der Waals surface area (Å²) in [4.78, 5) is 8.85. The summed E-state index contributed by atoms with van der Waals surface area (Å²) in [6, 6.07) is 12.1. The molecule has 4 nitrogen and oxygen atoms in total. The summed E-state index contributed by atoms with van der Waals surface area (Å²) in [6.07, 6.45) is 35.0. The molecule has 1 aromatic carbocycles. The van der Waals surface area contributed by atoms with Crippen molar-refractivity contribution in [1.29, 1.82) is 0 Å². The average molecular weight is 614 g/mol. The van der Waals surface area contributed by atoms with Crippen LogP contribution < -0.4 is 12.4 Å². The number of hydrogen-bond donors (Lipinski definition) is 1. The topological polar surface area (TPSA) is 45.5 Å². The molecule has 0 amide bonds. The molecule has 2 aromatic rings. The van der Waals surface area contributed by atoms with Gasteiger partial charge in [-0.25, -0.2) is 9.48 Å². The number of hydrogen-bond acceptors (Lipinski definition) is 3. The third-order valence-electron chi connectivity index (χ3n) is 8.77. The molecule has 1 aliphatic heterocycles. The number of aliphatic hydroxyl groups is 1. The Kier molecular flexibility index (Phi) is 24.3. The van der Waals surface area contributed by atoms with Gasteiger partial charge in [0.25, 0.3) is 0 Å². The molecule has 0 fully saturated rings. The average Bonchev–Trinajstić information content (AvgIpc) is 3.42. The van der Waals surface area contributed by atoms with Crippen LogP contribution in [0.5, 0.6) is 0 Å². The number of fused-ring (bicyclic) bond motifs is 1. The number of aliphatic imine (C=N–C) groups is 1. The van der Waals surface area contributed by atoms with Gasteiger partial charge < -0.3 is 17.5 Å². The second-order valence-corrected chi connectivity index (χ2v) is 12.4. The number of rotatable bonds is 24. The summed E-state index contributed by atoms with van der Waals surface area (Å²) in [5.74, 6) is 1.28. The smallest absolute Gasteiger partial charge is 0.207 e. The number of aliphatic hydroxyl groups excluding tert-OH is 1. The summed E-state index contributed by atoms with van der Waals surface area (Å²) in [5.41, 5.74) is 1.06. The number of nitrogens with zero attached hydrogens (tertiary/aromatic N) is 3. The molecule has 0 bridgehead atoms. The molecule has 0 aliphatic carbocycles. The Labute approximate surface area is 271 Å². The van der Waals surface area contributed by atoms with Crippen LogP contribution in [0.1, 0.15) is 149 Å². The van der Waals surface area contributed by atoms with E-state index in [0.29, 0.717) is 0 Å². The Morgan fingerprint density at radius 2 is 1.12 bits per heavy atom. The van der Waals surface area contributed by atoms with Gasteiger partial charge >= 0.3 is 0 Å². The van der Waals surface area contributed by atoms with Crippen LogP contribution in [-0.4, -0.2) is 40.1 Å². The molecule has 1 aliphatic rings. The van der Waals surface area contributed by atoms with Crippen LogP contribution in [0.2, 0.25) is 0 Å². The van der Waals surface area contributed by atoms with Crippen LogP contribution in [0, 0.1) is 0 Å². The van der Waals surface area contributed by atoms with Gasteiger partial charge in [-0.15, -0.1) is 0 Å². The molecule has 3 rings (SSSR count). The highest BCUT2D eigenvalue weighted by atomic mass is 35.5. The van der Waals surface area contributed by atoms with Crippen molar-refractivity contribution in [3.63, 3.8) is 0 Å². The first-order valence-electron chi connectivity index (χ1n) is 17.8. The van der Waals surface area contributed by atoms with Crippen LogP contribution in [0.25, 0.3) is 10.9 Å². The maximum Gasteiger partial charge on any atom is 0.207 e. The van der Waals surface area contributed by atoms with Gasteiger partial charge in [-0.3, -0.25) is 4.98 Å². The number of halogens is 1. The van der Waals surface area contributed by atoms with Crippen molar-refractivity contribution < 1.29 is 22.0 Å². The van der Waals surface area contributed by atoms with Crippen LogP contribution in [0.4, 0.5) is 0 Å². The first-order chi connectivity index (χ1) is 20.8. The number of quaternary nitrogens is 1. The largest absolute Gasteiger partial charge is 1.00 e. The normalized spacial score (nSPS) is 15.7. The van der Waals surface area contributed by atoms with Gasteiger partial charge in [0.1, 0.15) is 12.7 Å². The van der Waals surface area contributed by atoms with Crippen molar-refractivity contribution in [1.82, 2.24) is 4.98 Å². The Morgan fingerprint density at radius 1 is 0.605 bits per heavy atom. The summed E-state index contributed by atoms with van der Waals surface area (Å²) in [7, 11) is 0. The van der Waals surface area contributed by atoms with Gasteiger partial charge in [-0.1, -0.05) is 154 Å². The van der Waals surface area contributed by atoms with Crippen molar-refractivity contribution in [2.24, 2.45) is 4.99 Å². The van der Waals surface area contributed by atoms with Gasteiger partial charge in [-0.2, -0.15) is 0 Å². The fourth-order valence-corrected chi connectivity index (χ4v) is 6.07. The zero-order valence-electron chi connectivity index (χ0n) is 27.8. The molecule has 1 atom stereocenters.